The number of aromatic nitrogens is 1. The lowest BCUT2D eigenvalue weighted by Gasteiger charge is -2.15. The molecule has 5 heteroatoms. The number of hydrazone groups is 1. The van der Waals surface area contributed by atoms with Gasteiger partial charge >= 0.3 is 0 Å². The normalized spacial score (nSPS) is 24.6. The third-order valence-corrected chi connectivity index (χ3v) is 7.29. The highest BCUT2D eigenvalue weighted by Gasteiger charge is 2.64. The van der Waals surface area contributed by atoms with E-state index in [-0.39, 0.29) is 17.2 Å². The molecule has 156 valence electrons. The molecule has 2 aromatic carbocycles. The predicted octanol–water partition coefficient (Wildman–Crippen LogP) is 4.84. The van der Waals surface area contributed by atoms with Crippen LogP contribution in [0, 0.1) is 28.6 Å². The first-order chi connectivity index (χ1) is 15.1. The van der Waals surface area contributed by atoms with E-state index in [9.17, 15) is 10.1 Å². The number of rotatable bonds is 5. The summed E-state index contributed by atoms with van der Waals surface area (Å²) in [5, 5.41) is 14.8. The van der Waals surface area contributed by atoms with Gasteiger partial charge in [-0.3, -0.25) is 4.79 Å². The first-order valence-corrected chi connectivity index (χ1v) is 11.0. The van der Waals surface area contributed by atoms with Gasteiger partial charge in [0.05, 0.1) is 17.8 Å². The maximum absolute atomic E-state index is 12.7. The summed E-state index contributed by atoms with van der Waals surface area (Å²) in [7, 11) is 0. The van der Waals surface area contributed by atoms with E-state index in [4.69, 9.17) is 0 Å². The van der Waals surface area contributed by atoms with E-state index in [1.165, 1.54) is 12.8 Å². The molecule has 0 radical (unpaired) electrons. The summed E-state index contributed by atoms with van der Waals surface area (Å²) in [6.07, 6.45) is 8.55. The molecule has 1 aromatic heterocycles. The Balaban J connectivity index is 1.36. The maximum Gasteiger partial charge on any atom is 0.244 e. The minimum atomic E-state index is 0.0531. The second-order valence-corrected chi connectivity index (χ2v) is 9.07. The Labute approximate surface area is 182 Å². The molecule has 0 aliphatic heterocycles. The fourth-order valence-electron chi connectivity index (χ4n) is 5.55. The van der Waals surface area contributed by atoms with Crippen LogP contribution in [0.15, 0.2) is 59.8 Å². The van der Waals surface area contributed by atoms with Crippen LogP contribution in [0.1, 0.15) is 49.3 Å². The Morgan fingerprint density at radius 2 is 2.06 bits per heavy atom. The largest absolute Gasteiger partial charge is 0.342 e. The van der Waals surface area contributed by atoms with Crippen molar-refractivity contribution in [3.63, 3.8) is 0 Å². The van der Waals surface area contributed by atoms with Gasteiger partial charge in [0.15, 0.2) is 0 Å². The SMILES string of the molecule is C[C@]12CCCC[C@H]1[C@H]2C(=O)N/N=C\c1cn(Cc2ccccc2C#N)c2ccccc12. The molecule has 2 fully saturated rings. The number of benzene rings is 2. The van der Waals surface area contributed by atoms with Crippen molar-refractivity contribution in [1.29, 1.82) is 5.26 Å². The van der Waals surface area contributed by atoms with Gasteiger partial charge in [0, 0.05) is 35.1 Å². The summed E-state index contributed by atoms with van der Waals surface area (Å²) in [5.41, 5.74) is 6.66. The van der Waals surface area contributed by atoms with E-state index in [0.29, 0.717) is 18.0 Å². The first kappa shape index (κ1) is 19.6. The topological polar surface area (TPSA) is 70.2 Å². The van der Waals surface area contributed by atoms with E-state index in [0.717, 1.165) is 34.9 Å². The molecule has 5 nitrogen and oxygen atoms in total. The van der Waals surface area contributed by atoms with Crippen LogP contribution in [0.3, 0.4) is 0 Å². The zero-order chi connectivity index (χ0) is 21.4. The van der Waals surface area contributed by atoms with Gasteiger partial charge in [-0.25, -0.2) is 5.43 Å². The van der Waals surface area contributed by atoms with Crippen LogP contribution in [-0.2, 0) is 11.3 Å². The van der Waals surface area contributed by atoms with E-state index in [1.54, 1.807) is 6.21 Å². The molecule has 2 aliphatic rings. The lowest BCUT2D eigenvalue weighted by Crippen LogP contribution is -2.22. The second-order valence-electron chi connectivity index (χ2n) is 9.07. The van der Waals surface area contributed by atoms with Crippen LogP contribution in [0.5, 0.6) is 0 Å². The second kappa shape index (κ2) is 7.70. The van der Waals surface area contributed by atoms with Gasteiger partial charge in [-0.15, -0.1) is 0 Å². The van der Waals surface area contributed by atoms with Crippen LogP contribution in [-0.4, -0.2) is 16.7 Å². The summed E-state index contributed by atoms with van der Waals surface area (Å²) < 4.78 is 2.13. The summed E-state index contributed by atoms with van der Waals surface area (Å²) in [6.45, 7) is 2.85. The Kier molecular flexibility index (Phi) is 4.86. The highest BCUT2D eigenvalue weighted by Crippen LogP contribution is 2.66. The number of nitriles is 1. The first-order valence-electron chi connectivity index (χ1n) is 11.0. The molecule has 2 aliphatic carbocycles. The monoisotopic (exact) mass is 410 g/mol. The van der Waals surface area contributed by atoms with E-state index >= 15 is 0 Å². The number of hydrogen-bond acceptors (Lipinski definition) is 3. The van der Waals surface area contributed by atoms with Crippen LogP contribution < -0.4 is 5.43 Å². The number of amides is 1. The van der Waals surface area contributed by atoms with Gasteiger partial charge in [0.1, 0.15) is 0 Å². The number of carbonyl (C=O) groups excluding carboxylic acids is 1. The van der Waals surface area contributed by atoms with Gasteiger partial charge in [-0.1, -0.05) is 56.2 Å². The van der Waals surface area contributed by atoms with Crippen molar-refractivity contribution in [2.24, 2.45) is 22.4 Å². The van der Waals surface area contributed by atoms with Gasteiger partial charge in [-0.05, 0) is 41.9 Å². The van der Waals surface area contributed by atoms with E-state index < -0.39 is 0 Å². The molecule has 2 saturated carbocycles. The summed E-state index contributed by atoms with van der Waals surface area (Å²) >= 11 is 0. The van der Waals surface area contributed by atoms with Gasteiger partial charge in [-0.2, -0.15) is 10.4 Å². The van der Waals surface area contributed by atoms with Gasteiger partial charge in [0.25, 0.3) is 0 Å². The average molecular weight is 411 g/mol. The number of para-hydroxylation sites is 1. The molecule has 1 amide bonds. The number of nitrogens with zero attached hydrogens (tertiary/aromatic N) is 3. The Morgan fingerprint density at radius 3 is 2.87 bits per heavy atom. The number of carbonyl (C=O) groups is 1. The molecule has 1 N–H and O–H groups in total. The zero-order valence-electron chi connectivity index (χ0n) is 17.7. The summed E-state index contributed by atoms with van der Waals surface area (Å²) in [4.78, 5) is 12.7. The molecule has 0 spiro atoms. The third kappa shape index (κ3) is 3.42. The molecule has 3 atom stereocenters. The quantitative estimate of drug-likeness (QED) is 0.483. The molecule has 5 rings (SSSR count). The maximum atomic E-state index is 12.7. The van der Waals surface area contributed by atoms with Crippen molar-refractivity contribution in [3.05, 3.63) is 71.4 Å². The van der Waals surface area contributed by atoms with Crippen molar-refractivity contribution in [1.82, 2.24) is 9.99 Å². The zero-order valence-corrected chi connectivity index (χ0v) is 17.7. The molecule has 0 unspecified atom stereocenters. The lowest BCUT2D eigenvalue weighted by molar-refractivity contribution is -0.123. The van der Waals surface area contributed by atoms with Gasteiger partial charge in [0.2, 0.25) is 5.91 Å². The average Bonchev–Trinajstić information content (AvgIpc) is 3.29. The minimum Gasteiger partial charge on any atom is -0.342 e. The smallest absolute Gasteiger partial charge is 0.244 e. The van der Waals surface area contributed by atoms with Crippen molar-refractivity contribution in [2.45, 2.75) is 39.2 Å². The summed E-state index contributed by atoms with van der Waals surface area (Å²) in [6, 6.07) is 18.1. The fraction of sp³-hybridized carbons (Fsp3) is 0.346. The number of hydrogen-bond donors (Lipinski definition) is 1. The van der Waals surface area contributed by atoms with Crippen molar-refractivity contribution >= 4 is 23.0 Å². The van der Waals surface area contributed by atoms with Crippen LogP contribution in [0.25, 0.3) is 10.9 Å². The lowest BCUT2D eigenvalue weighted by atomic mass is 9.90. The molecular formula is C26H26N4O. The Morgan fingerprint density at radius 1 is 1.26 bits per heavy atom. The fourth-order valence-corrected chi connectivity index (χ4v) is 5.55. The minimum absolute atomic E-state index is 0.0531. The molecule has 31 heavy (non-hydrogen) atoms. The Hall–Kier alpha value is -3.39. The van der Waals surface area contributed by atoms with Crippen molar-refractivity contribution in [3.8, 4) is 6.07 Å². The molecule has 0 bridgehead atoms. The highest BCUT2D eigenvalue weighted by atomic mass is 16.2. The van der Waals surface area contributed by atoms with Crippen molar-refractivity contribution in [2.75, 3.05) is 0 Å². The third-order valence-electron chi connectivity index (χ3n) is 7.29. The summed E-state index contributed by atoms with van der Waals surface area (Å²) in [5.74, 6) is 0.687. The number of fused-ring (bicyclic) bond motifs is 2. The van der Waals surface area contributed by atoms with Crippen molar-refractivity contribution < 1.29 is 4.79 Å². The highest BCUT2D eigenvalue weighted by molar-refractivity contribution is 5.99. The van der Waals surface area contributed by atoms with Crippen LogP contribution in [0.4, 0.5) is 0 Å². The Bertz CT molecular complexity index is 1220. The standard InChI is InChI=1S/C26H26N4O/c1-26-13-7-6-11-22(26)24(26)25(31)29-28-15-20-17-30(23-12-5-4-10-21(20)23)16-19-9-3-2-8-18(19)14-27/h2-5,8-10,12,15,17,22,24H,6-7,11,13,16H2,1H3,(H,29,31)/b28-15-/t22-,24-,26-/m0/s1. The van der Waals surface area contributed by atoms with E-state index in [1.807, 2.05) is 42.6 Å². The van der Waals surface area contributed by atoms with Gasteiger partial charge < -0.3 is 4.57 Å². The van der Waals surface area contributed by atoms with E-state index in [2.05, 4.69) is 40.2 Å². The molecular weight excluding hydrogens is 384 g/mol. The molecule has 3 aromatic rings. The predicted molar refractivity (Wildman–Crippen MR) is 121 cm³/mol. The number of nitrogens with one attached hydrogen (secondary N) is 1. The van der Waals surface area contributed by atoms with Crippen LogP contribution >= 0.6 is 0 Å². The molecule has 0 saturated heterocycles. The van der Waals surface area contributed by atoms with Crippen LogP contribution in [0.2, 0.25) is 0 Å². The molecule has 1 heterocycles.